The van der Waals surface area contributed by atoms with Crippen LogP contribution in [-0.2, 0) is 13.0 Å². The van der Waals surface area contributed by atoms with Gasteiger partial charge < -0.3 is 5.11 Å². The van der Waals surface area contributed by atoms with Gasteiger partial charge in [0.2, 0.25) is 0 Å². The number of aliphatic hydroxyl groups excluding tert-OH is 1. The molecular formula is C9H16N2O. The Labute approximate surface area is 73.0 Å². The summed E-state index contributed by atoms with van der Waals surface area (Å²) in [7, 11) is 0. The molecule has 0 amide bonds. The molecule has 1 heterocycles. The zero-order valence-electron chi connectivity index (χ0n) is 7.75. The normalized spacial score (nSPS) is 10.6. The van der Waals surface area contributed by atoms with Crippen molar-refractivity contribution in [3.63, 3.8) is 0 Å². The fraction of sp³-hybridized carbons (Fsp3) is 0.667. The van der Waals surface area contributed by atoms with Crippen LogP contribution in [0.25, 0.3) is 0 Å². The summed E-state index contributed by atoms with van der Waals surface area (Å²) >= 11 is 0. The molecule has 1 aromatic rings. The van der Waals surface area contributed by atoms with Crippen molar-refractivity contribution < 1.29 is 5.11 Å². The van der Waals surface area contributed by atoms with Crippen LogP contribution >= 0.6 is 0 Å². The maximum atomic E-state index is 8.62. The van der Waals surface area contributed by atoms with Gasteiger partial charge in [0.25, 0.3) is 0 Å². The first-order valence-corrected chi connectivity index (χ1v) is 4.41. The number of hydrogen-bond donors (Lipinski definition) is 1. The SMILES string of the molecule is CCc1cn(CCCO)nc1C. The van der Waals surface area contributed by atoms with Crippen LogP contribution in [0.15, 0.2) is 6.20 Å². The third-order valence-electron chi connectivity index (χ3n) is 1.97. The van der Waals surface area contributed by atoms with E-state index in [-0.39, 0.29) is 6.61 Å². The highest BCUT2D eigenvalue weighted by Crippen LogP contribution is 2.06. The molecule has 0 radical (unpaired) electrons. The van der Waals surface area contributed by atoms with Gasteiger partial charge in [-0.1, -0.05) is 6.92 Å². The maximum absolute atomic E-state index is 8.62. The predicted molar refractivity (Wildman–Crippen MR) is 48.0 cm³/mol. The van der Waals surface area contributed by atoms with E-state index in [1.165, 1.54) is 5.56 Å². The predicted octanol–water partition coefficient (Wildman–Crippen LogP) is 1.14. The average Bonchev–Trinajstić information content (AvgIpc) is 2.43. The summed E-state index contributed by atoms with van der Waals surface area (Å²) in [6, 6.07) is 0. The van der Waals surface area contributed by atoms with E-state index in [2.05, 4.69) is 18.2 Å². The number of nitrogens with zero attached hydrogens (tertiary/aromatic N) is 2. The van der Waals surface area contributed by atoms with E-state index in [4.69, 9.17) is 5.11 Å². The average molecular weight is 168 g/mol. The third-order valence-corrected chi connectivity index (χ3v) is 1.97. The maximum Gasteiger partial charge on any atom is 0.0625 e. The van der Waals surface area contributed by atoms with Crippen molar-refractivity contribution in [3.05, 3.63) is 17.5 Å². The molecule has 3 heteroatoms. The standard InChI is InChI=1S/C9H16N2O/c1-3-9-7-11(5-4-6-12)10-8(9)2/h7,12H,3-6H2,1-2H3. The van der Waals surface area contributed by atoms with Crippen molar-refractivity contribution in [2.45, 2.75) is 33.2 Å². The molecule has 0 atom stereocenters. The molecule has 0 bridgehead atoms. The van der Waals surface area contributed by atoms with Crippen molar-refractivity contribution in [1.29, 1.82) is 0 Å². The van der Waals surface area contributed by atoms with Crippen molar-refractivity contribution in [3.8, 4) is 0 Å². The first-order valence-electron chi connectivity index (χ1n) is 4.41. The minimum absolute atomic E-state index is 0.236. The van der Waals surface area contributed by atoms with Gasteiger partial charge in [-0.25, -0.2) is 0 Å². The Kier molecular flexibility index (Phi) is 3.29. The van der Waals surface area contributed by atoms with E-state index in [0.717, 1.165) is 25.1 Å². The lowest BCUT2D eigenvalue weighted by Gasteiger charge is -1.96. The fourth-order valence-corrected chi connectivity index (χ4v) is 1.25. The van der Waals surface area contributed by atoms with Gasteiger partial charge in [-0.3, -0.25) is 4.68 Å². The number of aliphatic hydroxyl groups is 1. The molecule has 0 aliphatic carbocycles. The van der Waals surface area contributed by atoms with Gasteiger partial charge in [-0.15, -0.1) is 0 Å². The first kappa shape index (κ1) is 9.26. The van der Waals surface area contributed by atoms with Crippen LogP contribution in [0.4, 0.5) is 0 Å². The molecule has 0 aliphatic rings. The first-order chi connectivity index (χ1) is 5.77. The Morgan fingerprint density at radius 2 is 2.33 bits per heavy atom. The second-order valence-corrected chi connectivity index (χ2v) is 2.93. The van der Waals surface area contributed by atoms with Gasteiger partial charge in [0.15, 0.2) is 0 Å². The highest BCUT2D eigenvalue weighted by Gasteiger charge is 2.01. The highest BCUT2D eigenvalue weighted by molar-refractivity contribution is 5.14. The zero-order chi connectivity index (χ0) is 8.97. The number of rotatable bonds is 4. The summed E-state index contributed by atoms with van der Waals surface area (Å²) in [5, 5.41) is 12.9. The van der Waals surface area contributed by atoms with Gasteiger partial charge >= 0.3 is 0 Å². The minimum Gasteiger partial charge on any atom is -0.396 e. The summed E-state index contributed by atoms with van der Waals surface area (Å²) in [6.45, 7) is 5.20. The van der Waals surface area contributed by atoms with E-state index < -0.39 is 0 Å². The van der Waals surface area contributed by atoms with Crippen LogP contribution < -0.4 is 0 Å². The topological polar surface area (TPSA) is 38.0 Å². The largest absolute Gasteiger partial charge is 0.396 e. The van der Waals surface area contributed by atoms with E-state index >= 15 is 0 Å². The molecule has 1 rings (SSSR count). The second kappa shape index (κ2) is 4.26. The summed E-state index contributed by atoms with van der Waals surface area (Å²) < 4.78 is 1.91. The molecule has 68 valence electrons. The van der Waals surface area contributed by atoms with Crippen molar-refractivity contribution in [1.82, 2.24) is 9.78 Å². The van der Waals surface area contributed by atoms with Crippen molar-refractivity contribution in [2.24, 2.45) is 0 Å². The Morgan fingerprint density at radius 3 is 2.83 bits per heavy atom. The van der Waals surface area contributed by atoms with E-state index in [1.807, 2.05) is 11.6 Å². The molecule has 0 saturated heterocycles. The number of aryl methyl sites for hydroxylation is 3. The second-order valence-electron chi connectivity index (χ2n) is 2.93. The van der Waals surface area contributed by atoms with Crippen LogP contribution in [0, 0.1) is 6.92 Å². The molecule has 0 aromatic carbocycles. The Bertz CT molecular complexity index is 243. The van der Waals surface area contributed by atoms with E-state index in [9.17, 15) is 0 Å². The smallest absolute Gasteiger partial charge is 0.0625 e. The van der Waals surface area contributed by atoms with Crippen molar-refractivity contribution >= 4 is 0 Å². The molecule has 3 nitrogen and oxygen atoms in total. The van der Waals surface area contributed by atoms with Crippen molar-refractivity contribution in [2.75, 3.05) is 6.61 Å². The quantitative estimate of drug-likeness (QED) is 0.732. The lowest BCUT2D eigenvalue weighted by molar-refractivity contribution is 0.277. The Balaban J connectivity index is 2.62. The zero-order valence-corrected chi connectivity index (χ0v) is 7.75. The third kappa shape index (κ3) is 2.08. The minimum atomic E-state index is 0.236. The van der Waals surface area contributed by atoms with E-state index in [1.54, 1.807) is 0 Å². The van der Waals surface area contributed by atoms with Crippen LogP contribution in [0.5, 0.6) is 0 Å². The Morgan fingerprint density at radius 1 is 1.58 bits per heavy atom. The number of aromatic nitrogens is 2. The molecule has 0 unspecified atom stereocenters. The Hall–Kier alpha value is -0.830. The molecule has 0 spiro atoms. The molecule has 12 heavy (non-hydrogen) atoms. The molecular weight excluding hydrogens is 152 g/mol. The molecule has 1 aromatic heterocycles. The lowest BCUT2D eigenvalue weighted by Crippen LogP contribution is -2.00. The van der Waals surface area contributed by atoms with Gasteiger partial charge in [0.1, 0.15) is 0 Å². The van der Waals surface area contributed by atoms with Gasteiger partial charge in [-0.05, 0) is 25.3 Å². The van der Waals surface area contributed by atoms with Gasteiger partial charge in [-0.2, -0.15) is 5.10 Å². The summed E-state index contributed by atoms with van der Waals surface area (Å²) in [5.41, 5.74) is 2.41. The van der Waals surface area contributed by atoms with E-state index in [0.29, 0.717) is 0 Å². The number of hydrogen-bond acceptors (Lipinski definition) is 2. The highest BCUT2D eigenvalue weighted by atomic mass is 16.3. The summed E-state index contributed by atoms with van der Waals surface area (Å²) in [6.07, 6.45) is 3.88. The van der Waals surface area contributed by atoms with Crippen LogP contribution in [0.2, 0.25) is 0 Å². The van der Waals surface area contributed by atoms with Crippen LogP contribution in [-0.4, -0.2) is 21.5 Å². The van der Waals surface area contributed by atoms with Crippen LogP contribution in [0.1, 0.15) is 24.6 Å². The van der Waals surface area contributed by atoms with Gasteiger partial charge in [0, 0.05) is 19.3 Å². The van der Waals surface area contributed by atoms with Gasteiger partial charge in [0.05, 0.1) is 5.69 Å². The molecule has 0 aliphatic heterocycles. The molecule has 1 N–H and O–H groups in total. The monoisotopic (exact) mass is 168 g/mol. The molecule has 0 fully saturated rings. The van der Waals surface area contributed by atoms with Crippen LogP contribution in [0.3, 0.4) is 0 Å². The summed E-state index contributed by atoms with van der Waals surface area (Å²) in [4.78, 5) is 0. The summed E-state index contributed by atoms with van der Waals surface area (Å²) in [5.74, 6) is 0. The fourth-order valence-electron chi connectivity index (χ4n) is 1.25. The lowest BCUT2D eigenvalue weighted by atomic mass is 10.2. The molecule has 0 saturated carbocycles.